The Kier molecular flexibility index (Phi) is 5.20. The van der Waals surface area contributed by atoms with Gasteiger partial charge < -0.3 is 15.5 Å². The predicted octanol–water partition coefficient (Wildman–Crippen LogP) is 0.501. The number of carbonyl (C=O) groups is 3. The molecule has 21 heavy (non-hydrogen) atoms. The molecular weight excluding hydrogens is 270 g/mol. The highest BCUT2D eigenvalue weighted by molar-refractivity contribution is 6.34. The van der Waals surface area contributed by atoms with E-state index in [2.05, 4.69) is 0 Å². The van der Waals surface area contributed by atoms with Gasteiger partial charge in [0.1, 0.15) is 0 Å². The summed E-state index contributed by atoms with van der Waals surface area (Å²) >= 11 is 0. The van der Waals surface area contributed by atoms with Crippen molar-refractivity contribution in [2.75, 3.05) is 20.1 Å². The fourth-order valence-corrected chi connectivity index (χ4v) is 3.29. The first-order valence-electron chi connectivity index (χ1n) is 7.86. The highest BCUT2D eigenvalue weighted by Crippen LogP contribution is 2.22. The highest BCUT2D eigenvalue weighted by Gasteiger charge is 2.32. The lowest BCUT2D eigenvalue weighted by Crippen LogP contribution is -2.50. The van der Waals surface area contributed by atoms with Crippen LogP contribution in [0.15, 0.2) is 0 Å². The molecule has 3 amide bonds. The zero-order valence-corrected chi connectivity index (χ0v) is 12.7. The molecular formula is C15H25N3O3. The number of likely N-dealkylation sites (tertiary alicyclic amines) is 1. The van der Waals surface area contributed by atoms with Gasteiger partial charge in [-0.05, 0) is 25.7 Å². The summed E-state index contributed by atoms with van der Waals surface area (Å²) in [4.78, 5) is 38.9. The molecule has 2 aliphatic rings. The second-order valence-electron chi connectivity index (χ2n) is 6.18. The Bertz CT molecular complexity index is 410. The van der Waals surface area contributed by atoms with Crippen LogP contribution in [0, 0.1) is 5.92 Å². The fourth-order valence-electron chi connectivity index (χ4n) is 3.29. The number of primary amides is 1. The Morgan fingerprint density at radius 1 is 1.00 bits per heavy atom. The Labute approximate surface area is 125 Å². The SMILES string of the molecule is CN(C(=O)C(=O)N1CCC(C(N)=O)CC1)C1CCCCC1. The number of rotatable bonds is 2. The summed E-state index contributed by atoms with van der Waals surface area (Å²) in [5, 5.41) is 0. The lowest BCUT2D eigenvalue weighted by atomic mass is 9.94. The third kappa shape index (κ3) is 3.74. The van der Waals surface area contributed by atoms with Gasteiger partial charge in [-0.2, -0.15) is 0 Å². The van der Waals surface area contributed by atoms with E-state index in [1.54, 1.807) is 16.8 Å². The van der Waals surface area contributed by atoms with E-state index < -0.39 is 11.8 Å². The monoisotopic (exact) mass is 295 g/mol. The number of hydrogen-bond donors (Lipinski definition) is 1. The topological polar surface area (TPSA) is 83.7 Å². The van der Waals surface area contributed by atoms with Crippen LogP contribution in [0.25, 0.3) is 0 Å². The second-order valence-corrected chi connectivity index (χ2v) is 6.18. The van der Waals surface area contributed by atoms with Crippen LogP contribution in [0.5, 0.6) is 0 Å². The minimum absolute atomic E-state index is 0.166. The van der Waals surface area contributed by atoms with Gasteiger partial charge in [0.25, 0.3) is 0 Å². The summed E-state index contributed by atoms with van der Waals surface area (Å²) in [6.45, 7) is 0.882. The van der Waals surface area contributed by atoms with Crippen LogP contribution in [0.3, 0.4) is 0 Å². The van der Waals surface area contributed by atoms with Crippen LogP contribution in [-0.2, 0) is 14.4 Å². The molecule has 6 heteroatoms. The first-order chi connectivity index (χ1) is 10.0. The lowest BCUT2D eigenvalue weighted by Gasteiger charge is -2.34. The maximum atomic E-state index is 12.3. The Hall–Kier alpha value is -1.59. The van der Waals surface area contributed by atoms with E-state index in [0.717, 1.165) is 25.7 Å². The predicted molar refractivity (Wildman–Crippen MR) is 78.1 cm³/mol. The zero-order chi connectivity index (χ0) is 15.4. The molecule has 1 saturated heterocycles. The highest BCUT2D eigenvalue weighted by atomic mass is 16.2. The van der Waals surface area contributed by atoms with Crippen LogP contribution < -0.4 is 5.73 Å². The normalized spacial score (nSPS) is 21.1. The summed E-state index contributed by atoms with van der Waals surface area (Å²) in [5.41, 5.74) is 5.28. The summed E-state index contributed by atoms with van der Waals surface area (Å²) < 4.78 is 0. The second kappa shape index (κ2) is 6.91. The average Bonchev–Trinajstić information content (AvgIpc) is 2.53. The van der Waals surface area contributed by atoms with Crippen molar-refractivity contribution in [1.29, 1.82) is 0 Å². The first-order valence-corrected chi connectivity index (χ1v) is 7.86. The molecule has 0 unspecified atom stereocenters. The average molecular weight is 295 g/mol. The molecule has 1 saturated carbocycles. The van der Waals surface area contributed by atoms with Gasteiger partial charge in [-0.3, -0.25) is 14.4 Å². The first kappa shape index (κ1) is 15.8. The van der Waals surface area contributed by atoms with Gasteiger partial charge in [0, 0.05) is 32.1 Å². The molecule has 0 atom stereocenters. The maximum Gasteiger partial charge on any atom is 0.312 e. The summed E-state index contributed by atoms with van der Waals surface area (Å²) in [7, 11) is 1.73. The van der Waals surface area contributed by atoms with Gasteiger partial charge >= 0.3 is 11.8 Å². The Balaban J connectivity index is 1.87. The lowest BCUT2D eigenvalue weighted by molar-refractivity contribution is -0.153. The number of nitrogens with two attached hydrogens (primary N) is 1. The van der Waals surface area contributed by atoms with E-state index in [4.69, 9.17) is 5.73 Å². The third-order valence-electron chi connectivity index (χ3n) is 4.81. The van der Waals surface area contributed by atoms with Crippen molar-refractivity contribution in [3.8, 4) is 0 Å². The van der Waals surface area contributed by atoms with Gasteiger partial charge in [0.2, 0.25) is 5.91 Å². The van der Waals surface area contributed by atoms with Crippen molar-refractivity contribution in [3.05, 3.63) is 0 Å². The van der Waals surface area contributed by atoms with Crippen molar-refractivity contribution in [2.24, 2.45) is 11.7 Å². The molecule has 0 radical (unpaired) electrons. The van der Waals surface area contributed by atoms with Gasteiger partial charge in [-0.25, -0.2) is 0 Å². The van der Waals surface area contributed by atoms with Crippen molar-refractivity contribution in [2.45, 2.75) is 51.0 Å². The van der Waals surface area contributed by atoms with Crippen LogP contribution in [0.4, 0.5) is 0 Å². The van der Waals surface area contributed by atoms with E-state index in [1.807, 2.05) is 0 Å². The molecule has 2 rings (SSSR count). The molecule has 1 heterocycles. The summed E-state index contributed by atoms with van der Waals surface area (Å²) in [6.07, 6.45) is 6.55. The molecule has 0 bridgehead atoms. The molecule has 0 spiro atoms. The smallest absolute Gasteiger partial charge is 0.312 e. The minimum Gasteiger partial charge on any atom is -0.369 e. The number of likely N-dealkylation sites (N-methyl/N-ethyl adjacent to an activating group) is 1. The number of carbonyl (C=O) groups excluding carboxylic acids is 3. The molecule has 1 aliphatic heterocycles. The van der Waals surface area contributed by atoms with Crippen LogP contribution >= 0.6 is 0 Å². The molecule has 0 aromatic rings. The maximum absolute atomic E-state index is 12.3. The van der Waals surface area contributed by atoms with E-state index in [1.165, 1.54) is 6.42 Å². The van der Waals surface area contributed by atoms with Gasteiger partial charge in [0.05, 0.1) is 0 Å². The van der Waals surface area contributed by atoms with Crippen LogP contribution in [0.1, 0.15) is 44.9 Å². The molecule has 0 aromatic heterocycles. The quantitative estimate of drug-likeness (QED) is 0.753. The fraction of sp³-hybridized carbons (Fsp3) is 0.800. The summed E-state index contributed by atoms with van der Waals surface area (Å²) in [5.74, 6) is -1.33. The molecule has 118 valence electrons. The Morgan fingerprint density at radius 2 is 1.57 bits per heavy atom. The summed E-state index contributed by atoms with van der Waals surface area (Å²) in [6, 6.07) is 0.193. The van der Waals surface area contributed by atoms with Crippen molar-refractivity contribution < 1.29 is 14.4 Å². The number of piperidine rings is 1. The largest absolute Gasteiger partial charge is 0.369 e. The Morgan fingerprint density at radius 3 is 2.10 bits per heavy atom. The van der Waals surface area contributed by atoms with Crippen LogP contribution in [-0.4, -0.2) is 53.7 Å². The van der Waals surface area contributed by atoms with Crippen molar-refractivity contribution in [1.82, 2.24) is 9.80 Å². The van der Waals surface area contributed by atoms with Crippen molar-refractivity contribution in [3.63, 3.8) is 0 Å². The van der Waals surface area contributed by atoms with Gasteiger partial charge in [0.15, 0.2) is 0 Å². The number of nitrogens with zero attached hydrogens (tertiary/aromatic N) is 2. The van der Waals surface area contributed by atoms with E-state index >= 15 is 0 Å². The van der Waals surface area contributed by atoms with E-state index in [9.17, 15) is 14.4 Å². The van der Waals surface area contributed by atoms with Gasteiger partial charge in [-0.1, -0.05) is 19.3 Å². The zero-order valence-electron chi connectivity index (χ0n) is 12.7. The van der Waals surface area contributed by atoms with Crippen molar-refractivity contribution >= 4 is 17.7 Å². The van der Waals surface area contributed by atoms with Gasteiger partial charge in [-0.15, -0.1) is 0 Å². The van der Waals surface area contributed by atoms with E-state index in [-0.39, 0.29) is 17.9 Å². The molecule has 1 aliphatic carbocycles. The third-order valence-corrected chi connectivity index (χ3v) is 4.81. The number of hydrogen-bond acceptors (Lipinski definition) is 3. The number of amides is 3. The molecule has 0 aromatic carbocycles. The molecule has 6 nitrogen and oxygen atoms in total. The van der Waals surface area contributed by atoms with Crippen LogP contribution in [0.2, 0.25) is 0 Å². The van der Waals surface area contributed by atoms with E-state index in [0.29, 0.717) is 25.9 Å². The standard InChI is InChI=1S/C15H25N3O3/c1-17(12-5-3-2-4-6-12)14(20)15(21)18-9-7-11(8-10-18)13(16)19/h11-12H,2-10H2,1H3,(H2,16,19). The minimum atomic E-state index is -0.439. The molecule has 2 fully saturated rings. The molecule has 2 N–H and O–H groups in total.